The lowest BCUT2D eigenvalue weighted by atomic mass is 9.88. The lowest BCUT2D eigenvalue weighted by Crippen LogP contribution is -2.66. The fraction of sp³-hybridized carbons (Fsp3) is 0.419. The van der Waals surface area contributed by atoms with Gasteiger partial charge in [-0.25, -0.2) is 9.97 Å². The Morgan fingerprint density at radius 3 is 2.53 bits per heavy atom. The second kappa shape index (κ2) is 14.2. The van der Waals surface area contributed by atoms with E-state index in [1.54, 1.807) is 6.07 Å². The first-order valence-electron chi connectivity index (χ1n) is 19.8. The van der Waals surface area contributed by atoms with E-state index in [0.717, 1.165) is 48.1 Å². The normalized spacial score (nSPS) is 22.4. The van der Waals surface area contributed by atoms with Gasteiger partial charge in [-0.1, -0.05) is 41.9 Å². The van der Waals surface area contributed by atoms with E-state index < -0.39 is 23.9 Å². The average molecular weight is 826 g/mol. The number of amides is 1. The highest BCUT2D eigenvalue weighted by Crippen LogP contribution is 2.47. The summed E-state index contributed by atoms with van der Waals surface area (Å²) in [6.07, 6.45) is -1.64. The van der Waals surface area contributed by atoms with Gasteiger partial charge in [0.1, 0.15) is 28.9 Å². The van der Waals surface area contributed by atoms with Crippen LogP contribution in [0.15, 0.2) is 46.9 Å². The van der Waals surface area contributed by atoms with Gasteiger partial charge in [-0.05, 0) is 78.5 Å². The highest BCUT2D eigenvalue weighted by molar-refractivity contribution is 6.36. The largest absolute Gasteiger partial charge is 0.480 e. The van der Waals surface area contributed by atoms with Gasteiger partial charge in [0.25, 0.3) is 0 Å². The number of likely N-dealkylation sites (tertiary alicyclic amines) is 2. The van der Waals surface area contributed by atoms with Crippen LogP contribution in [0.4, 0.5) is 13.2 Å². The van der Waals surface area contributed by atoms with Gasteiger partial charge >= 0.3 is 6.18 Å². The number of benzene rings is 3. The van der Waals surface area contributed by atoms with E-state index in [4.69, 9.17) is 30.5 Å². The number of nitriles is 1. The molecule has 3 aromatic carbocycles. The summed E-state index contributed by atoms with van der Waals surface area (Å²) in [6.45, 7) is 2.47. The third-order valence-corrected chi connectivity index (χ3v) is 13.0. The minimum absolute atomic E-state index is 0.0201. The molecule has 5 aromatic rings. The van der Waals surface area contributed by atoms with Crippen LogP contribution in [0.3, 0.4) is 0 Å². The Kier molecular flexibility index (Phi) is 9.13. The minimum Gasteiger partial charge on any atom is -0.480 e. The summed E-state index contributed by atoms with van der Waals surface area (Å²) in [5.74, 6) is -0.471. The Labute approximate surface area is 341 Å². The molecule has 0 unspecified atom stereocenters. The molecule has 3 fully saturated rings. The maximum absolute atomic E-state index is 14.6. The number of oxazole rings is 1. The van der Waals surface area contributed by atoms with Gasteiger partial charge in [0.15, 0.2) is 5.58 Å². The van der Waals surface area contributed by atoms with E-state index in [-0.39, 0.29) is 47.6 Å². The fourth-order valence-corrected chi connectivity index (χ4v) is 10.2. The highest BCUT2D eigenvalue weighted by Gasteiger charge is 2.48. The number of hydrogen-bond donors (Lipinski definition) is 2. The summed E-state index contributed by atoms with van der Waals surface area (Å²) in [5, 5.41) is 23.8. The zero-order valence-corrected chi connectivity index (χ0v) is 32.8. The standard InChI is InChI=1S/C43H39ClF3N7O5/c1-57-40-32(19-53-20-42(21-53)14-12-35(56)52-42)49-38(43(45,46)47)41(51-40)58-34-11-9-24-23(4-2-5-26(24)34)27-6-3-7-28(36(27)44)39-50-31-16-29-25(30(17-48)37(31)59-39)8-10-33(29)54-15-13-22(55)18-54/h2-7,16,22,33-34,55H,8-15,18-21H2,1H3,(H,52,56)/t22-,33-,34+/m1/s1. The minimum atomic E-state index is -4.85. The van der Waals surface area contributed by atoms with Crippen molar-refractivity contribution in [2.75, 3.05) is 33.3 Å². The van der Waals surface area contributed by atoms with Crippen LogP contribution in [0.2, 0.25) is 5.02 Å². The molecule has 3 aliphatic heterocycles. The molecule has 2 aliphatic carbocycles. The molecule has 3 atom stereocenters. The lowest BCUT2D eigenvalue weighted by Gasteiger charge is -2.47. The lowest BCUT2D eigenvalue weighted by molar-refractivity contribution is -0.143. The first-order valence-corrected chi connectivity index (χ1v) is 20.2. The van der Waals surface area contributed by atoms with Crippen LogP contribution in [-0.2, 0) is 30.4 Å². The first kappa shape index (κ1) is 38.0. The number of carbonyl (C=O) groups is 1. The molecule has 16 heteroatoms. The topological polar surface area (TPSA) is 150 Å². The second-order valence-corrected chi connectivity index (χ2v) is 16.7. The van der Waals surface area contributed by atoms with Gasteiger partial charge in [-0.3, -0.25) is 14.6 Å². The van der Waals surface area contributed by atoms with Gasteiger partial charge < -0.3 is 24.3 Å². The number of hydrogen-bond acceptors (Lipinski definition) is 11. The molecule has 304 valence electrons. The highest BCUT2D eigenvalue weighted by atomic mass is 35.5. The SMILES string of the molecule is COc1nc(O[C@H]2CCc3c(-c4cccc(-c5nc6cc7c(c(C#N)c6o5)CC[C@H]7N5CC[C@@H](O)C5)c4Cl)cccc32)c(C(F)(F)F)nc1CN1CC2(CCC(=O)N2)C1. The number of carbonyl (C=O) groups excluding carboxylic acids is 1. The Balaban J connectivity index is 0.937. The zero-order chi connectivity index (χ0) is 40.8. The molecule has 0 radical (unpaired) electrons. The van der Waals surface area contributed by atoms with Crippen molar-refractivity contribution >= 4 is 28.6 Å². The molecule has 0 bridgehead atoms. The van der Waals surface area contributed by atoms with Crippen molar-refractivity contribution < 1.29 is 37.0 Å². The van der Waals surface area contributed by atoms with Crippen molar-refractivity contribution in [2.45, 2.75) is 81.5 Å². The number of methoxy groups -OCH3 is 1. The number of fused-ring (bicyclic) bond motifs is 3. The smallest absolute Gasteiger partial charge is 0.438 e. The van der Waals surface area contributed by atoms with Crippen LogP contribution < -0.4 is 14.8 Å². The van der Waals surface area contributed by atoms with Crippen molar-refractivity contribution in [2.24, 2.45) is 0 Å². The first-order chi connectivity index (χ1) is 28.4. The van der Waals surface area contributed by atoms with Gasteiger partial charge in [-0.2, -0.15) is 23.4 Å². The number of nitrogens with zero attached hydrogens (tertiary/aromatic N) is 6. The monoisotopic (exact) mass is 825 g/mol. The van der Waals surface area contributed by atoms with Crippen molar-refractivity contribution in [1.82, 2.24) is 30.1 Å². The summed E-state index contributed by atoms with van der Waals surface area (Å²) < 4.78 is 61.6. The Hall–Kier alpha value is -5.27. The molecule has 3 saturated heterocycles. The number of nitrogens with one attached hydrogen (secondary N) is 1. The third kappa shape index (κ3) is 6.48. The van der Waals surface area contributed by atoms with Gasteiger partial charge in [0.05, 0.1) is 29.3 Å². The Morgan fingerprint density at radius 1 is 1.02 bits per heavy atom. The molecule has 59 heavy (non-hydrogen) atoms. The van der Waals surface area contributed by atoms with Crippen molar-refractivity contribution in [3.63, 3.8) is 0 Å². The van der Waals surface area contributed by atoms with Crippen LogP contribution >= 0.6 is 11.6 Å². The predicted octanol–water partition coefficient (Wildman–Crippen LogP) is 7.09. The van der Waals surface area contributed by atoms with Crippen LogP contribution in [0.1, 0.15) is 83.5 Å². The number of ether oxygens (including phenoxy) is 2. The fourth-order valence-electron chi connectivity index (χ4n) is 9.94. The number of alkyl halides is 3. The Morgan fingerprint density at radius 2 is 1.80 bits per heavy atom. The molecular formula is C43H39ClF3N7O5. The average Bonchev–Trinajstić information content (AvgIpc) is 4.05. The quantitative estimate of drug-likeness (QED) is 0.165. The summed E-state index contributed by atoms with van der Waals surface area (Å²) >= 11 is 7.18. The van der Waals surface area contributed by atoms with E-state index in [9.17, 15) is 28.3 Å². The molecule has 1 spiro atoms. The number of β-amino-alcohol motifs (C(OH)–C–C–N with tert-alkyl or cyclic N) is 1. The predicted molar refractivity (Wildman–Crippen MR) is 209 cm³/mol. The van der Waals surface area contributed by atoms with Crippen molar-refractivity contribution in [3.8, 4) is 40.4 Å². The second-order valence-electron chi connectivity index (χ2n) is 16.3. The molecule has 2 aromatic heterocycles. The van der Waals surface area contributed by atoms with Crippen molar-refractivity contribution in [3.05, 3.63) is 86.7 Å². The number of aromatic nitrogens is 3. The molecule has 5 heterocycles. The maximum atomic E-state index is 14.6. The van der Waals surface area contributed by atoms with Crippen molar-refractivity contribution in [1.29, 1.82) is 5.26 Å². The zero-order valence-electron chi connectivity index (χ0n) is 32.0. The number of aliphatic hydroxyl groups is 1. The molecule has 10 rings (SSSR count). The van der Waals surface area contributed by atoms with Crippen LogP contribution in [0.5, 0.6) is 11.8 Å². The van der Waals surface area contributed by atoms with Crippen LogP contribution in [-0.4, -0.2) is 80.7 Å². The van der Waals surface area contributed by atoms with Crippen LogP contribution in [0, 0.1) is 11.3 Å². The number of rotatable bonds is 8. The summed E-state index contributed by atoms with van der Waals surface area (Å²) in [7, 11) is 1.33. The summed E-state index contributed by atoms with van der Waals surface area (Å²) in [4.78, 5) is 29.1. The number of halogens is 4. The summed E-state index contributed by atoms with van der Waals surface area (Å²) in [6, 6.07) is 15.6. The molecular weight excluding hydrogens is 787 g/mol. The third-order valence-electron chi connectivity index (χ3n) is 12.6. The molecule has 5 aliphatic rings. The molecule has 0 saturated carbocycles. The van der Waals surface area contributed by atoms with E-state index in [2.05, 4.69) is 26.3 Å². The maximum Gasteiger partial charge on any atom is 0.438 e. The van der Waals surface area contributed by atoms with E-state index in [1.165, 1.54) is 7.11 Å². The van der Waals surface area contributed by atoms with E-state index in [0.29, 0.717) is 83.7 Å². The molecule has 12 nitrogen and oxygen atoms in total. The number of aliphatic hydroxyl groups excluding tert-OH is 1. The van der Waals surface area contributed by atoms with E-state index in [1.807, 2.05) is 41.3 Å². The van der Waals surface area contributed by atoms with E-state index >= 15 is 0 Å². The van der Waals surface area contributed by atoms with Gasteiger partial charge in [-0.15, -0.1) is 0 Å². The van der Waals surface area contributed by atoms with Gasteiger partial charge in [0.2, 0.25) is 29.3 Å². The summed E-state index contributed by atoms with van der Waals surface area (Å²) in [5.41, 5.74) is 5.50. The molecule has 2 N–H and O–H groups in total. The van der Waals surface area contributed by atoms with Gasteiger partial charge in [0, 0.05) is 50.7 Å². The molecule has 1 amide bonds. The van der Waals surface area contributed by atoms with Crippen LogP contribution in [0.25, 0.3) is 33.7 Å². The Bertz CT molecular complexity index is 2590.